The minimum absolute atomic E-state index is 0.135. The summed E-state index contributed by atoms with van der Waals surface area (Å²) in [6.45, 7) is 2.42. The summed E-state index contributed by atoms with van der Waals surface area (Å²) in [4.78, 5) is 23.2. The maximum Gasteiger partial charge on any atom is 0.407 e. The smallest absolute Gasteiger partial charge is 0.407 e. The number of nitrogens with one attached hydrogen (secondary N) is 1. The van der Waals surface area contributed by atoms with Crippen LogP contribution in [0.5, 0.6) is 0 Å². The first-order valence-electron chi connectivity index (χ1n) is 7.73. The Morgan fingerprint density at radius 1 is 1.32 bits per heavy atom. The van der Waals surface area contributed by atoms with Crippen LogP contribution in [0.3, 0.4) is 0 Å². The Morgan fingerprint density at radius 3 is 2.59 bits per heavy atom. The minimum Gasteiger partial charge on any atom is -0.481 e. The molecule has 120 valence electrons. The topological polar surface area (TPSA) is 75.6 Å². The van der Waals surface area contributed by atoms with Crippen molar-refractivity contribution in [3.8, 4) is 0 Å². The predicted octanol–water partition coefficient (Wildman–Crippen LogP) is 3.19. The van der Waals surface area contributed by atoms with Crippen LogP contribution in [0.2, 0.25) is 0 Å². The molecule has 1 saturated carbocycles. The van der Waals surface area contributed by atoms with Crippen molar-refractivity contribution in [1.82, 2.24) is 5.32 Å². The number of benzene rings is 1. The van der Waals surface area contributed by atoms with E-state index in [1.165, 1.54) is 0 Å². The van der Waals surface area contributed by atoms with E-state index < -0.39 is 17.5 Å². The highest BCUT2D eigenvalue weighted by molar-refractivity contribution is 5.77. The van der Waals surface area contributed by atoms with Crippen LogP contribution in [-0.4, -0.2) is 23.7 Å². The van der Waals surface area contributed by atoms with Crippen molar-refractivity contribution in [2.24, 2.45) is 11.3 Å². The van der Waals surface area contributed by atoms with Gasteiger partial charge in [0.25, 0.3) is 0 Å². The zero-order valence-electron chi connectivity index (χ0n) is 12.9. The second kappa shape index (κ2) is 7.29. The van der Waals surface area contributed by atoms with Gasteiger partial charge in [0.15, 0.2) is 0 Å². The number of hydrogen-bond donors (Lipinski definition) is 2. The van der Waals surface area contributed by atoms with Gasteiger partial charge in [-0.3, -0.25) is 4.79 Å². The highest BCUT2D eigenvalue weighted by Gasteiger charge is 2.49. The van der Waals surface area contributed by atoms with Crippen molar-refractivity contribution < 1.29 is 19.4 Å². The van der Waals surface area contributed by atoms with E-state index >= 15 is 0 Å². The lowest BCUT2D eigenvalue weighted by molar-refractivity contribution is -0.157. The molecule has 1 aliphatic carbocycles. The van der Waals surface area contributed by atoms with Gasteiger partial charge in [-0.25, -0.2) is 4.79 Å². The molecule has 0 aliphatic heterocycles. The van der Waals surface area contributed by atoms with Crippen LogP contribution >= 0.6 is 0 Å². The summed E-state index contributed by atoms with van der Waals surface area (Å²) in [5, 5.41) is 12.0. The van der Waals surface area contributed by atoms with E-state index in [1.54, 1.807) is 0 Å². The van der Waals surface area contributed by atoms with E-state index in [9.17, 15) is 14.7 Å². The molecule has 1 amide bonds. The third-order valence-electron chi connectivity index (χ3n) is 4.29. The van der Waals surface area contributed by atoms with Gasteiger partial charge in [0.05, 0.1) is 5.41 Å². The van der Waals surface area contributed by atoms with Gasteiger partial charge < -0.3 is 15.2 Å². The van der Waals surface area contributed by atoms with Crippen LogP contribution in [0.15, 0.2) is 30.3 Å². The Balaban J connectivity index is 1.76. The molecule has 0 spiro atoms. The van der Waals surface area contributed by atoms with Gasteiger partial charge in [-0.05, 0) is 24.3 Å². The van der Waals surface area contributed by atoms with E-state index in [1.807, 2.05) is 30.3 Å². The quantitative estimate of drug-likeness (QED) is 0.811. The molecule has 0 aromatic heterocycles. The second-order valence-electron chi connectivity index (χ2n) is 6.06. The zero-order chi connectivity index (χ0) is 16.0. The predicted molar refractivity (Wildman–Crippen MR) is 82.3 cm³/mol. The normalized spacial score (nSPS) is 23.4. The van der Waals surface area contributed by atoms with E-state index in [0.717, 1.165) is 18.4 Å². The van der Waals surface area contributed by atoms with Crippen molar-refractivity contribution in [1.29, 1.82) is 0 Å². The van der Waals surface area contributed by atoms with E-state index in [4.69, 9.17) is 4.74 Å². The van der Waals surface area contributed by atoms with Gasteiger partial charge >= 0.3 is 12.1 Å². The van der Waals surface area contributed by atoms with Gasteiger partial charge in [0, 0.05) is 6.54 Å². The lowest BCUT2D eigenvalue weighted by Crippen LogP contribution is -2.51. The van der Waals surface area contributed by atoms with Crippen molar-refractivity contribution in [2.45, 2.75) is 39.2 Å². The molecule has 1 fully saturated rings. The van der Waals surface area contributed by atoms with Crippen LogP contribution in [-0.2, 0) is 16.1 Å². The molecule has 1 aromatic carbocycles. The SMILES string of the molecule is CCCC1CC(CNC(=O)OCc2ccccc2)(C(=O)O)C1. The number of amides is 1. The number of hydrogen-bond acceptors (Lipinski definition) is 3. The minimum atomic E-state index is -0.830. The van der Waals surface area contributed by atoms with Gasteiger partial charge in [0.1, 0.15) is 6.61 Å². The van der Waals surface area contributed by atoms with Crippen LogP contribution in [0, 0.1) is 11.3 Å². The maximum absolute atomic E-state index is 11.7. The average Bonchev–Trinajstić information content (AvgIpc) is 2.48. The Labute approximate surface area is 130 Å². The molecule has 0 radical (unpaired) electrons. The zero-order valence-corrected chi connectivity index (χ0v) is 12.9. The molecular weight excluding hydrogens is 282 g/mol. The van der Waals surface area contributed by atoms with Crippen molar-refractivity contribution in [3.05, 3.63) is 35.9 Å². The first kappa shape index (κ1) is 16.3. The molecule has 1 aliphatic rings. The first-order chi connectivity index (χ1) is 10.6. The molecule has 22 heavy (non-hydrogen) atoms. The van der Waals surface area contributed by atoms with Gasteiger partial charge in [-0.15, -0.1) is 0 Å². The Hall–Kier alpha value is -2.04. The average molecular weight is 305 g/mol. The fourth-order valence-electron chi connectivity index (χ4n) is 3.07. The summed E-state index contributed by atoms with van der Waals surface area (Å²) in [6, 6.07) is 9.38. The number of alkyl carbamates (subject to hydrolysis) is 1. The fourth-order valence-corrected chi connectivity index (χ4v) is 3.07. The third-order valence-corrected chi connectivity index (χ3v) is 4.29. The molecule has 0 saturated heterocycles. The Bertz CT molecular complexity index is 509. The molecular formula is C17H23NO4. The fraction of sp³-hybridized carbons (Fsp3) is 0.529. The van der Waals surface area contributed by atoms with Crippen LogP contribution in [0.4, 0.5) is 4.79 Å². The molecule has 5 nitrogen and oxygen atoms in total. The van der Waals surface area contributed by atoms with E-state index in [0.29, 0.717) is 18.8 Å². The standard InChI is InChI=1S/C17H23NO4/c1-2-6-14-9-17(10-14,15(19)20)12-18-16(21)22-11-13-7-4-3-5-8-13/h3-5,7-8,14H,2,6,9-12H2,1H3,(H,18,21)(H,19,20). The van der Waals surface area contributed by atoms with Gasteiger partial charge in [-0.1, -0.05) is 50.1 Å². The van der Waals surface area contributed by atoms with Crippen molar-refractivity contribution >= 4 is 12.1 Å². The van der Waals surface area contributed by atoms with Crippen LogP contribution in [0.1, 0.15) is 38.2 Å². The highest BCUT2D eigenvalue weighted by atomic mass is 16.5. The molecule has 0 unspecified atom stereocenters. The number of carbonyl (C=O) groups excluding carboxylic acids is 1. The maximum atomic E-state index is 11.7. The van der Waals surface area contributed by atoms with Gasteiger partial charge in [-0.2, -0.15) is 0 Å². The monoisotopic (exact) mass is 305 g/mol. The summed E-state index contributed by atoms with van der Waals surface area (Å²) in [7, 11) is 0. The van der Waals surface area contributed by atoms with Crippen molar-refractivity contribution in [2.75, 3.05) is 6.54 Å². The first-order valence-corrected chi connectivity index (χ1v) is 7.73. The number of ether oxygens (including phenoxy) is 1. The number of carboxylic acid groups (broad SMARTS) is 1. The van der Waals surface area contributed by atoms with Crippen LogP contribution < -0.4 is 5.32 Å². The number of carbonyl (C=O) groups is 2. The third kappa shape index (κ3) is 4.00. The van der Waals surface area contributed by atoms with Crippen molar-refractivity contribution in [3.63, 3.8) is 0 Å². The molecule has 5 heteroatoms. The summed E-state index contributed by atoms with van der Waals surface area (Å²) in [5.74, 6) is -0.369. The molecule has 1 aromatic rings. The number of rotatable bonds is 7. The van der Waals surface area contributed by atoms with E-state index in [-0.39, 0.29) is 13.2 Å². The largest absolute Gasteiger partial charge is 0.481 e. The Morgan fingerprint density at radius 2 is 2.00 bits per heavy atom. The van der Waals surface area contributed by atoms with Gasteiger partial charge in [0.2, 0.25) is 0 Å². The van der Waals surface area contributed by atoms with Crippen LogP contribution in [0.25, 0.3) is 0 Å². The summed E-state index contributed by atoms with van der Waals surface area (Å²) >= 11 is 0. The Kier molecular flexibility index (Phi) is 5.41. The molecule has 0 heterocycles. The lowest BCUT2D eigenvalue weighted by Gasteiger charge is -2.44. The second-order valence-corrected chi connectivity index (χ2v) is 6.06. The highest BCUT2D eigenvalue weighted by Crippen LogP contribution is 2.47. The number of carboxylic acids is 1. The lowest BCUT2D eigenvalue weighted by atomic mass is 9.60. The summed E-state index contributed by atoms with van der Waals surface area (Å²) < 4.78 is 5.10. The molecule has 2 N–H and O–H groups in total. The molecule has 2 rings (SSSR count). The van der Waals surface area contributed by atoms with E-state index in [2.05, 4.69) is 12.2 Å². The summed E-state index contributed by atoms with van der Waals surface area (Å²) in [5.41, 5.74) is 0.0863. The summed E-state index contributed by atoms with van der Waals surface area (Å²) in [6.07, 6.45) is 2.81. The molecule has 0 atom stereocenters. The molecule has 0 bridgehead atoms. The number of aliphatic carboxylic acids is 1.